The highest BCUT2D eigenvalue weighted by Crippen LogP contribution is 1.98. The second kappa shape index (κ2) is 1.81. The molecule has 0 atom stereocenters. The molecule has 1 rings (SSSR count). The van der Waals surface area contributed by atoms with Crippen LogP contribution in [0.25, 0.3) is 0 Å². The van der Waals surface area contributed by atoms with E-state index in [1.54, 1.807) is 0 Å². The van der Waals surface area contributed by atoms with E-state index in [1.807, 2.05) is 0 Å². The number of rotatable bonds is 1. The third kappa shape index (κ3) is 0.739. The van der Waals surface area contributed by atoms with Crippen LogP contribution in [0.4, 0.5) is 0 Å². The van der Waals surface area contributed by atoms with Gasteiger partial charge in [0.15, 0.2) is 0 Å². The lowest BCUT2D eigenvalue weighted by Gasteiger charge is -1.99. The van der Waals surface area contributed by atoms with Crippen molar-refractivity contribution in [3.05, 3.63) is 12.2 Å². The Bertz CT molecular complexity index is 188. The number of carbonyl (C=O) groups is 3. The summed E-state index contributed by atoms with van der Waals surface area (Å²) in [6, 6.07) is 0. The molecule has 4 nitrogen and oxygen atoms in total. The van der Waals surface area contributed by atoms with E-state index in [0.29, 0.717) is 4.90 Å². The Morgan fingerprint density at radius 1 is 1.22 bits per heavy atom. The van der Waals surface area contributed by atoms with E-state index >= 15 is 0 Å². The normalized spacial score (nSPS) is 17.1. The molecule has 0 saturated heterocycles. The van der Waals surface area contributed by atoms with Crippen LogP contribution in [0.15, 0.2) is 12.2 Å². The molecule has 0 unspecified atom stereocenters. The highest BCUT2D eigenvalue weighted by atomic mass is 16.2. The topological polar surface area (TPSA) is 54.5 Å². The molecule has 0 saturated carbocycles. The SMILES string of the molecule is O=CN1C(=O)C=CC1=O. The van der Waals surface area contributed by atoms with Crippen molar-refractivity contribution in [3.63, 3.8) is 0 Å². The molecule has 0 bridgehead atoms. The van der Waals surface area contributed by atoms with Gasteiger partial charge in [0.1, 0.15) is 0 Å². The molecule has 46 valence electrons. The third-order valence-corrected chi connectivity index (χ3v) is 0.949. The summed E-state index contributed by atoms with van der Waals surface area (Å²) in [6.45, 7) is 0. The molecule has 1 heterocycles. The lowest BCUT2D eigenvalue weighted by molar-refractivity contribution is -0.142. The van der Waals surface area contributed by atoms with Gasteiger partial charge in [-0.3, -0.25) is 14.4 Å². The van der Waals surface area contributed by atoms with Gasteiger partial charge in [-0.15, -0.1) is 0 Å². The average molecular weight is 125 g/mol. The number of amides is 3. The fourth-order valence-corrected chi connectivity index (χ4v) is 0.516. The molecule has 0 fully saturated rings. The van der Waals surface area contributed by atoms with Crippen molar-refractivity contribution in [1.29, 1.82) is 0 Å². The quantitative estimate of drug-likeness (QED) is 0.336. The third-order valence-electron chi connectivity index (χ3n) is 0.949. The van der Waals surface area contributed by atoms with Crippen molar-refractivity contribution >= 4 is 18.2 Å². The van der Waals surface area contributed by atoms with Crippen LogP contribution in [-0.2, 0) is 14.4 Å². The molecular formula is C5H3NO3. The first-order chi connectivity index (χ1) is 4.25. The Morgan fingerprint density at radius 3 is 1.89 bits per heavy atom. The lowest BCUT2D eigenvalue weighted by atomic mass is 10.6. The Morgan fingerprint density at radius 2 is 1.67 bits per heavy atom. The monoisotopic (exact) mass is 125 g/mol. The largest absolute Gasteiger partial charge is 0.278 e. The van der Waals surface area contributed by atoms with Crippen LogP contribution >= 0.6 is 0 Å². The van der Waals surface area contributed by atoms with Crippen molar-refractivity contribution in [2.75, 3.05) is 0 Å². The molecule has 1 aliphatic heterocycles. The molecular weight excluding hydrogens is 122 g/mol. The van der Waals surface area contributed by atoms with Gasteiger partial charge in [-0.25, -0.2) is 4.90 Å². The molecule has 4 heteroatoms. The van der Waals surface area contributed by atoms with Gasteiger partial charge >= 0.3 is 0 Å². The van der Waals surface area contributed by atoms with E-state index in [4.69, 9.17) is 0 Å². The minimum Gasteiger partial charge on any atom is -0.278 e. The maximum atomic E-state index is 10.4. The van der Waals surface area contributed by atoms with Crippen LogP contribution in [-0.4, -0.2) is 23.1 Å². The lowest BCUT2D eigenvalue weighted by Crippen LogP contribution is -2.27. The van der Waals surface area contributed by atoms with Gasteiger partial charge in [-0.2, -0.15) is 0 Å². The summed E-state index contributed by atoms with van der Waals surface area (Å²) < 4.78 is 0. The summed E-state index contributed by atoms with van der Waals surface area (Å²) in [5, 5.41) is 0. The zero-order valence-corrected chi connectivity index (χ0v) is 4.40. The van der Waals surface area contributed by atoms with Crippen molar-refractivity contribution in [2.24, 2.45) is 0 Å². The summed E-state index contributed by atoms with van der Waals surface area (Å²) in [5.41, 5.74) is 0. The zero-order chi connectivity index (χ0) is 6.85. The van der Waals surface area contributed by atoms with Gasteiger partial charge in [0.25, 0.3) is 11.8 Å². The molecule has 0 radical (unpaired) electrons. The molecule has 1 aliphatic rings. The Hall–Kier alpha value is -1.45. The van der Waals surface area contributed by atoms with Crippen molar-refractivity contribution in [3.8, 4) is 0 Å². The maximum Gasteiger partial charge on any atom is 0.260 e. The van der Waals surface area contributed by atoms with Crippen LogP contribution in [0.3, 0.4) is 0 Å². The maximum absolute atomic E-state index is 10.4. The average Bonchev–Trinajstić information content (AvgIpc) is 2.12. The fraction of sp³-hybridized carbons (Fsp3) is 0. The highest BCUT2D eigenvalue weighted by Gasteiger charge is 2.21. The standard InChI is InChI=1S/C5H3NO3/c7-3-6-4(8)1-2-5(6)9/h1-3H. The Labute approximate surface area is 50.7 Å². The molecule has 0 N–H and O–H groups in total. The van der Waals surface area contributed by atoms with Gasteiger partial charge in [0, 0.05) is 12.2 Å². The minimum absolute atomic E-state index is 0.199. The van der Waals surface area contributed by atoms with E-state index in [1.165, 1.54) is 0 Å². The molecule has 0 aromatic rings. The van der Waals surface area contributed by atoms with Crippen LogP contribution in [0.5, 0.6) is 0 Å². The molecule has 3 amide bonds. The second-order valence-corrected chi connectivity index (χ2v) is 1.49. The molecule has 9 heavy (non-hydrogen) atoms. The van der Waals surface area contributed by atoms with Crippen molar-refractivity contribution in [2.45, 2.75) is 0 Å². The van der Waals surface area contributed by atoms with E-state index in [2.05, 4.69) is 0 Å². The smallest absolute Gasteiger partial charge is 0.260 e. The van der Waals surface area contributed by atoms with Crippen molar-refractivity contribution < 1.29 is 14.4 Å². The first-order valence-electron chi connectivity index (χ1n) is 2.26. The summed E-state index contributed by atoms with van der Waals surface area (Å²) in [4.78, 5) is 31.2. The zero-order valence-electron chi connectivity index (χ0n) is 4.40. The van der Waals surface area contributed by atoms with Gasteiger partial charge in [0.05, 0.1) is 0 Å². The number of imide groups is 3. The highest BCUT2D eigenvalue weighted by molar-refractivity contribution is 6.18. The minimum atomic E-state index is -0.574. The van der Waals surface area contributed by atoms with Gasteiger partial charge in [-0.1, -0.05) is 0 Å². The number of hydrogen-bond donors (Lipinski definition) is 0. The van der Waals surface area contributed by atoms with Gasteiger partial charge in [0.2, 0.25) is 6.41 Å². The predicted octanol–water partition coefficient (Wildman–Crippen LogP) is -0.932. The first kappa shape index (κ1) is 5.68. The van der Waals surface area contributed by atoms with E-state index in [-0.39, 0.29) is 6.41 Å². The van der Waals surface area contributed by atoms with E-state index in [0.717, 1.165) is 12.2 Å². The number of carbonyl (C=O) groups excluding carboxylic acids is 3. The van der Waals surface area contributed by atoms with Crippen molar-refractivity contribution in [1.82, 2.24) is 4.90 Å². The van der Waals surface area contributed by atoms with Crippen LogP contribution in [0.2, 0.25) is 0 Å². The Kier molecular flexibility index (Phi) is 1.14. The summed E-state index contributed by atoms with van der Waals surface area (Å²) in [6.07, 6.45) is 2.30. The number of hydrogen-bond acceptors (Lipinski definition) is 3. The Balaban J connectivity index is 2.87. The number of nitrogens with zero attached hydrogens (tertiary/aromatic N) is 1. The van der Waals surface area contributed by atoms with Crippen LogP contribution < -0.4 is 0 Å². The predicted molar refractivity (Wildman–Crippen MR) is 27.1 cm³/mol. The summed E-state index contributed by atoms with van der Waals surface area (Å²) in [7, 11) is 0. The van der Waals surface area contributed by atoms with Gasteiger partial charge in [-0.05, 0) is 0 Å². The summed E-state index contributed by atoms with van der Waals surface area (Å²) >= 11 is 0. The second-order valence-electron chi connectivity index (χ2n) is 1.49. The first-order valence-corrected chi connectivity index (χ1v) is 2.26. The molecule has 0 aromatic heterocycles. The summed E-state index contributed by atoms with van der Waals surface area (Å²) in [5.74, 6) is -1.15. The fourth-order valence-electron chi connectivity index (χ4n) is 0.516. The van der Waals surface area contributed by atoms with Crippen LogP contribution in [0.1, 0.15) is 0 Å². The molecule has 0 aromatic carbocycles. The van der Waals surface area contributed by atoms with E-state index < -0.39 is 11.8 Å². The van der Waals surface area contributed by atoms with Gasteiger partial charge < -0.3 is 0 Å². The molecule has 0 spiro atoms. The molecule has 0 aliphatic carbocycles. The van der Waals surface area contributed by atoms with Crippen LogP contribution in [0, 0.1) is 0 Å². The van der Waals surface area contributed by atoms with E-state index in [9.17, 15) is 14.4 Å².